The molecule has 27 heavy (non-hydrogen) atoms. The Bertz CT molecular complexity index is 1150. The lowest BCUT2D eigenvalue weighted by molar-refractivity contribution is 0.102. The molecule has 0 radical (unpaired) electrons. The fourth-order valence-corrected chi connectivity index (χ4v) is 3.19. The Morgan fingerprint density at radius 1 is 1.15 bits per heavy atom. The Balaban J connectivity index is 1.43. The summed E-state index contributed by atoms with van der Waals surface area (Å²) in [6.07, 6.45) is 9.51. The van der Waals surface area contributed by atoms with E-state index in [1.165, 1.54) is 12.8 Å². The van der Waals surface area contributed by atoms with E-state index in [1.807, 2.05) is 49.8 Å². The number of nitrogens with one attached hydrogen (secondary N) is 1. The fourth-order valence-electron chi connectivity index (χ4n) is 3.19. The third-order valence-electron chi connectivity index (χ3n) is 4.79. The molecule has 0 saturated heterocycles. The normalized spacial score (nSPS) is 13.8. The van der Waals surface area contributed by atoms with Crippen LogP contribution < -0.4 is 5.32 Å². The summed E-state index contributed by atoms with van der Waals surface area (Å²) in [7, 11) is 1.88. The van der Waals surface area contributed by atoms with Crippen LogP contribution >= 0.6 is 0 Å². The second-order valence-electron chi connectivity index (χ2n) is 6.89. The second-order valence-corrected chi connectivity index (χ2v) is 6.89. The topological polar surface area (TPSA) is 77.1 Å². The molecule has 0 atom stereocenters. The molecule has 3 aromatic heterocycles. The first-order valence-electron chi connectivity index (χ1n) is 8.92. The summed E-state index contributed by atoms with van der Waals surface area (Å²) in [5.74, 6) is 0.311. The lowest BCUT2D eigenvalue weighted by atomic mass is 10.1. The van der Waals surface area contributed by atoms with Crippen LogP contribution in [0.2, 0.25) is 0 Å². The standard InChI is InChI=1S/C20H18N6O/c1-25-12-15(10-21-25)14-3-2-4-16(9-14)23-20(27)17-11-22-26-8-7-18(13-5-6-13)24-19(17)26/h2-4,7-13H,5-6H2,1H3,(H,23,27). The lowest BCUT2D eigenvalue weighted by Crippen LogP contribution is -2.12. The highest BCUT2D eigenvalue weighted by atomic mass is 16.1. The van der Waals surface area contributed by atoms with E-state index in [1.54, 1.807) is 21.6 Å². The molecule has 0 spiro atoms. The van der Waals surface area contributed by atoms with Crippen molar-refractivity contribution in [1.82, 2.24) is 24.4 Å². The first kappa shape index (κ1) is 15.7. The minimum atomic E-state index is -0.214. The van der Waals surface area contributed by atoms with Crippen LogP contribution in [-0.2, 0) is 7.05 Å². The second kappa shape index (κ2) is 6.05. The van der Waals surface area contributed by atoms with Crippen LogP contribution in [0.25, 0.3) is 16.8 Å². The highest BCUT2D eigenvalue weighted by Crippen LogP contribution is 2.39. The molecule has 7 heteroatoms. The quantitative estimate of drug-likeness (QED) is 0.607. The SMILES string of the molecule is Cn1cc(-c2cccc(NC(=O)c3cnn4ccc(C5CC5)nc34)c2)cn1. The van der Waals surface area contributed by atoms with Gasteiger partial charge in [0.15, 0.2) is 5.65 Å². The van der Waals surface area contributed by atoms with Crippen LogP contribution in [0.1, 0.15) is 34.8 Å². The number of benzene rings is 1. The van der Waals surface area contributed by atoms with Gasteiger partial charge in [-0.2, -0.15) is 10.2 Å². The Hall–Kier alpha value is -3.48. The molecule has 7 nitrogen and oxygen atoms in total. The van der Waals surface area contributed by atoms with Crippen molar-refractivity contribution in [2.24, 2.45) is 7.05 Å². The van der Waals surface area contributed by atoms with Gasteiger partial charge in [-0.15, -0.1) is 0 Å². The molecule has 134 valence electrons. The predicted octanol–water partition coefficient (Wildman–Crippen LogP) is 3.26. The Morgan fingerprint density at radius 3 is 2.81 bits per heavy atom. The number of aryl methyl sites for hydroxylation is 1. The molecule has 1 aromatic carbocycles. The molecule has 3 heterocycles. The number of aromatic nitrogens is 5. The average Bonchev–Trinajstić information content (AvgIpc) is 3.29. The molecule has 5 rings (SSSR count). The fraction of sp³-hybridized carbons (Fsp3) is 0.200. The Kier molecular flexibility index (Phi) is 3.53. The number of fused-ring (bicyclic) bond motifs is 1. The molecule has 4 aromatic rings. The van der Waals surface area contributed by atoms with E-state index in [9.17, 15) is 4.79 Å². The Labute approximate surface area is 155 Å². The zero-order valence-corrected chi connectivity index (χ0v) is 14.8. The minimum Gasteiger partial charge on any atom is -0.322 e. The van der Waals surface area contributed by atoms with Gasteiger partial charge in [0.1, 0.15) is 5.56 Å². The van der Waals surface area contributed by atoms with Gasteiger partial charge in [0, 0.05) is 42.3 Å². The van der Waals surface area contributed by atoms with Crippen molar-refractivity contribution >= 4 is 17.2 Å². The summed E-state index contributed by atoms with van der Waals surface area (Å²) in [6.45, 7) is 0. The summed E-state index contributed by atoms with van der Waals surface area (Å²) < 4.78 is 3.40. The summed E-state index contributed by atoms with van der Waals surface area (Å²) >= 11 is 0. The van der Waals surface area contributed by atoms with Gasteiger partial charge in [-0.3, -0.25) is 9.48 Å². The maximum absolute atomic E-state index is 12.8. The van der Waals surface area contributed by atoms with Gasteiger partial charge in [0.2, 0.25) is 0 Å². The van der Waals surface area contributed by atoms with Crippen molar-refractivity contribution in [2.45, 2.75) is 18.8 Å². The molecule has 1 N–H and O–H groups in total. The number of amides is 1. The minimum absolute atomic E-state index is 0.214. The van der Waals surface area contributed by atoms with Crippen molar-refractivity contribution in [2.75, 3.05) is 5.32 Å². The van der Waals surface area contributed by atoms with E-state index in [-0.39, 0.29) is 5.91 Å². The monoisotopic (exact) mass is 358 g/mol. The van der Waals surface area contributed by atoms with E-state index in [2.05, 4.69) is 20.5 Å². The van der Waals surface area contributed by atoms with Gasteiger partial charge >= 0.3 is 0 Å². The van der Waals surface area contributed by atoms with Gasteiger partial charge in [0.25, 0.3) is 5.91 Å². The zero-order valence-electron chi connectivity index (χ0n) is 14.8. The number of carbonyl (C=O) groups excluding carboxylic acids is 1. The smallest absolute Gasteiger partial charge is 0.261 e. The summed E-state index contributed by atoms with van der Waals surface area (Å²) in [6, 6.07) is 9.69. The molecule has 1 amide bonds. The summed E-state index contributed by atoms with van der Waals surface area (Å²) in [4.78, 5) is 17.5. The van der Waals surface area contributed by atoms with Crippen molar-refractivity contribution in [3.05, 3.63) is 66.4 Å². The molecule has 1 saturated carbocycles. The molecule has 1 aliphatic carbocycles. The largest absolute Gasteiger partial charge is 0.322 e. The third kappa shape index (κ3) is 2.97. The first-order chi connectivity index (χ1) is 13.2. The highest BCUT2D eigenvalue weighted by molar-refractivity contribution is 6.08. The molecule has 0 unspecified atom stereocenters. The number of rotatable bonds is 4. The van der Waals surface area contributed by atoms with E-state index in [4.69, 9.17) is 0 Å². The van der Waals surface area contributed by atoms with Gasteiger partial charge in [-0.25, -0.2) is 9.50 Å². The maximum Gasteiger partial charge on any atom is 0.261 e. The zero-order chi connectivity index (χ0) is 18.4. The summed E-state index contributed by atoms with van der Waals surface area (Å²) in [5, 5.41) is 11.4. The molecule has 0 aliphatic heterocycles. The third-order valence-corrected chi connectivity index (χ3v) is 4.79. The Morgan fingerprint density at radius 2 is 2.04 bits per heavy atom. The van der Waals surface area contributed by atoms with Crippen LogP contribution in [0.3, 0.4) is 0 Å². The van der Waals surface area contributed by atoms with Crippen LogP contribution in [0.5, 0.6) is 0 Å². The summed E-state index contributed by atoms with van der Waals surface area (Å²) in [5.41, 5.74) is 4.83. The first-order valence-corrected chi connectivity index (χ1v) is 8.92. The number of nitrogens with zero attached hydrogens (tertiary/aromatic N) is 5. The molecular formula is C20H18N6O. The van der Waals surface area contributed by atoms with Gasteiger partial charge < -0.3 is 5.32 Å². The van der Waals surface area contributed by atoms with Crippen LogP contribution in [0.15, 0.2) is 55.1 Å². The van der Waals surface area contributed by atoms with Gasteiger partial charge in [-0.1, -0.05) is 12.1 Å². The average molecular weight is 358 g/mol. The predicted molar refractivity (Wildman–Crippen MR) is 102 cm³/mol. The highest BCUT2D eigenvalue weighted by Gasteiger charge is 2.26. The van der Waals surface area contributed by atoms with E-state index in [0.29, 0.717) is 17.1 Å². The van der Waals surface area contributed by atoms with Gasteiger partial charge in [-0.05, 0) is 36.6 Å². The van der Waals surface area contributed by atoms with Gasteiger partial charge in [0.05, 0.1) is 12.4 Å². The molecule has 1 fully saturated rings. The van der Waals surface area contributed by atoms with E-state index >= 15 is 0 Å². The van der Waals surface area contributed by atoms with Crippen LogP contribution in [0, 0.1) is 0 Å². The lowest BCUT2D eigenvalue weighted by Gasteiger charge is -2.06. The van der Waals surface area contributed by atoms with Crippen molar-refractivity contribution in [3.63, 3.8) is 0 Å². The number of anilines is 1. The molecule has 1 aliphatic rings. The molecule has 0 bridgehead atoms. The van der Waals surface area contributed by atoms with Crippen molar-refractivity contribution in [1.29, 1.82) is 0 Å². The number of hydrogen-bond donors (Lipinski definition) is 1. The van der Waals surface area contributed by atoms with Crippen molar-refractivity contribution < 1.29 is 4.79 Å². The maximum atomic E-state index is 12.8. The van der Waals surface area contributed by atoms with Crippen LogP contribution in [0.4, 0.5) is 5.69 Å². The van der Waals surface area contributed by atoms with Crippen molar-refractivity contribution in [3.8, 4) is 11.1 Å². The number of carbonyl (C=O) groups is 1. The van der Waals surface area contributed by atoms with E-state index in [0.717, 1.165) is 22.5 Å². The van der Waals surface area contributed by atoms with Crippen LogP contribution in [-0.4, -0.2) is 30.3 Å². The number of hydrogen-bond acceptors (Lipinski definition) is 4. The van der Waals surface area contributed by atoms with E-state index < -0.39 is 0 Å². The molecular weight excluding hydrogens is 340 g/mol.